The number of methoxy groups -OCH3 is 1. The number of hydrogen-bond acceptors (Lipinski definition) is 4. The second kappa shape index (κ2) is 5.85. The molecule has 1 heterocycles. The lowest BCUT2D eigenvalue weighted by Crippen LogP contribution is -2.05. The van der Waals surface area contributed by atoms with E-state index in [1.165, 1.54) is 0 Å². The fourth-order valence-electron chi connectivity index (χ4n) is 2.24. The maximum absolute atomic E-state index is 12.0. The summed E-state index contributed by atoms with van der Waals surface area (Å²) in [5.41, 5.74) is 2.92. The molecule has 0 unspecified atom stereocenters. The van der Waals surface area contributed by atoms with Crippen LogP contribution >= 0.6 is 0 Å². The summed E-state index contributed by atoms with van der Waals surface area (Å²) < 4.78 is 10.5. The van der Waals surface area contributed by atoms with Crippen LogP contribution in [-0.4, -0.2) is 19.0 Å². The number of esters is 1. The Balaban J connectivity index is 1.98. The van der Waals surface area contributed by atoms with Crippen molar-refractivity contribution in [3.05, 3.63) is 70.9 Å². The SMILES string of the molecule is COc1ccccc1C=C1N=C(c2cccc(C)c2)OC1=O. The van der Waals surface area contributed by atoms with E-state index >= 15 is 0 Å². The number of cyclic esters (lactones) is 1. The molecule has 3 rings (SSSR count). The molecule has 2 aromatic rings. The Kier molecular flexibility index (Phi) is 3.74. The van der Waals surface area contributed by atoms with Crippen LogP contribution in [0.25, 0.3) is 6.08 Å². The maximum Gasteiger partial charge on any atom is 0.363 e. The molecular weight excluding hydrogens is 278 g/mol. The van der Waals surface area contributed by atoms with Gasteiger partial charge in [0.25, 0.3) is 0 Å². The quantitative estimate of drug-likeness (QED) is 0.644. The fourth-order valence-corrected chi connectivity index (χ4v) is 2.24. The largest absolute Gasteiger partial charge is 0.496 e. The molecule has 0 aliphatic carbocycles. The Hall–Kier alpha value is -2.88. The van der Waals surface area contributed by atoms with Crippen molar-refractivity contribution in [3.8, 4) is 5.75 Å². The number of ether oxygens (including phenoxy) is 2. The summed E-state index contributed by atoms with van der Waals surface area (Å²) in [4.78, 5) is 16.3. The fraction of sp³-hybridized carbons (Fsp3) is 0.111. The first-order chi connectivity index (χ1) is 10.7. The summed E-state index contributed by atoms with van der Waals surface area (Å²) in [5, 5.41) is 0. The van der Waals surface area contributed by atoms with Gasteiger partial charge in [-0.25, -0.2) is 9.79 Å². The predicted molar refractivity (Wildman–Crippen MR) is 84.8 cm³/mol. The van der Waals surface area contributed by atoms with E-state index < -0.39 is 5.97 Å². The Morgan fingerprint density at radius 2 is 1.95 bits per heavy atom. The van der Waals surface area contributed by atoms with Gasteiger partial charge in [-0.2, -0.15) is 0 Å². The first-order valence-corrected chi connectivity index (χ1v) is 6.90. The van der Waals surface area contributed by atoms with Gasteiger partial charge >= 0.3 is 5.97 Å². The number of nitrogens with zero attached hydrogens (tertiary/aromatic N) is 1. The van der Waals surface area contributed by atoms with E-state index in [9.17, 15) is 4.79 Å². The topological polar surface area (TPSA) is 47.9 Å². The van der Waals surface area contributed by atoms with Crippen LogP contribution in [0.4, 0.5) is 0 Å². The lowest BCUT2D eigenvalue weighted by molar-refractivity contribution is -0.129. The number of aliphatic imine (C=N–C) groups is 1. The lowest BCUT2D eigenvalue weighted by atomic mass is 10.1. The molecule has 0 spiro atoms. The van der Waals surface area contributed by atoms with Gasteiger partial charge in [-0.05, 0) is 31.2 Å². The number of carbonyl (C=O) groups is 1. The number of rotatable bonds is 3. The molecule has 0 aromatic heterocycles. The molecule has 4 heteroatoms. The Morgan fingerprint density at radius 3 is 2.73 bits per heavy atom. The molecular formula is C18H15NO3. The van der Waals surface area contributed by atoms with Crippen molar-refractivity contribution in [2.24, 2.45) is 4.99 Å². The molecule has 1 aliphatic rings. The predicted octanol–water partition coefficient (Wildman–Crippen LogP) is 3.35. The van der Waals surface area contributed by atoms with Crippen LogP contribution in [0.2, 0.25) is 0 Å². The van der Waals surface area contributed by atoms with Gasteiger partial charge < -0.3 is 9.47 Å². The first-order valence-electron chi connectivity index (χ1n) is 6.90. The van der Waals surface area contributed by atoms with Crippen LogP contribution < -0.4 is 4.74 Å². The van der Waals surface area contributed by atoms with Crippen molar-refractivity contribution in [3.63, 3.8) is 0 Å². The van der Waals surface area contributed by atoms with Crippen molar-refractivity contribution in [2.45, 2.75) is 6.92 Å². The van der Waals surface area contributed by atoms with Gasteiger partial charge in [-0.15, -0.1) is 0 Å². The number of carbonyl (C=O) groups excluding carboxylic acids is 1. The van der Waals surface area contributed by atoms with Gasteiger partial charge in [0.15, 0.2) is 5.70 Å². The van der Waals surface area contributed by atoms with Crippen molar-refractivity contribution in [1.29, 1.82) is 0 Å². The van der Waals surface area contributed by atoms with E-state index in [1.54, 1.807) is 13.2 Å². The first kappa shape index (κ1) is 14.1. The molecule has 22 heavy (non-hydrogen) atoms. The monoisotopic (exact) mass is 293 g/mol. The number of benzene rings is 2. The molecule has 0 amide bonds. The van der Waals surface area contributed by atoms with Gasteiger partial charge in [0.05, 0.1) is 7.11 Å². The van der Waals surface area contributed by atoms with Crippen LogP contribution in [0, 0.1) is 6.92 Å². The zero-order valence-electron chi connectivity index (χ0n) is 12.4. The van der Waals surface area contributed by atoms with Crippen LogP contribution in [-0.2, 0) is 9.53 Å². The summed E-state index contributed by atoms with van der Waals surface area (Å²) in [5.74, 6) is 0.555. The van der Waals surface area contributed by atoms with Gasteiger partial charge in [-0.3, -0.25) is 0 Å². The summed E-state index contributed by atoms with van der Waals surface area (Å²) in [6, 6.07) is 15.1. The van der Waals surface area contributed by atoms with Crippen molar-refractivity contribution in [1.82, 2.24) is 0 Å². The molecule has 0 bridgehead atoms. The smallest absolute Gasteiger partial charge is 0.363 e. The van der Waals surface area contributed by atoms with Crippen molar-refractivity contribution >= 4 is 17.9 Å². The van der Waals surface area contributed by atoms with E-state index in [0.29, 0.717) is 11.6 Å². The van der Waals surface area contributed by atoms with E-state index in [0.717, 1.165) is 16.7 Å². The molecule has 1 aliphatic heterocycles. The average Bonchev–Trinajstić information content (AvgIpc) is 2.89. The van der Waals surface area contributed by atoms with Crippen molar-refractivity contribution in [2.75, 3.05) is 7.11 Å². The van der Waals surface area contributed by atoms with Crippen LogP contribution in [0.1, 0.15) is 16.7 Å². The highest BCUT2D eigenvalue weighted by molar-refractivity contribution is 6.13. The normalized spacial score (nSPS) is 15.6. The maximum atomic E-state index is 12.0. The Morgan fingerprint density at radius 1 is 1.14 bits per heavy atom. The molecule has 0 N–H and O–H groups in total. The van der Waals surface area contributed by atoms with Gasteiger partial charge in [0, 0.05) is 11.1 Å². The number of aryl methyl sites for hydroxylation is 1. The Labute approximate surface area is 128 Å². The minimum absolute atomic E-state index is 0.265. The number of hydrogen-bond donors (Lipinski definition) is 0. The minimum atomic E-state index is -0.456. The van der Waals surface area contributed by atoms with Gasteiger partial charge in [-0.1, -0.05) is 35.9 Å². The second-order valence-electron chi connectivity index (χ2n) is 4.95. The molecule has 4 nitrogen and oxygen atoms in total. The molecule has 2 aromatic carbocycles. The van der Waals surface area contributed by atoms with E-state index in [4.69, 9.17) is 9.47 Å². The third-order valence-electron chi connectivity index (χ3n) is 3.32. The lowest BCUT2D eigenvalue weighted by Gasteiger charge is -2.03. The molecule has 0 saturated carbocycles. The highest BCUT2D eigenvalue weighted by Crippen LogP contribution is 2.24. The van der Waals surface area contributed by atoms with E-state index in [-0.39, 0.29) is 5.70 Å². The number of para-hydroxylation sites is 1. The van der Waals surface area contributed by atoms with E-state index in [2.05, 4.69) is 4.99 Å². The molecule has 110 valence electrons. The van der Waals surface area contributed by atoms with Crippen LogP contribution in [0.3, 0.4) is 0 Å². The third-order valence-corrected chi connectivity index (χ3v) is 3.32. The van der Waals surface area contributed by atoms with E-state index in [1.807, 2.05) is 55.5 Å². The summed E-state index contributed by atoms with van der Waals surface area (Å²) in [6.07, 6.45) is 1.67. The van der Waals surface area contributed by atoms with Crippen LogP contribution in [0.5, 0.6) is 5.75 Å². The van der Waals surface area contributed by atoms with Crippen LogP contribution in [0.15, 0.2) is 59.2 Å². The Bertz CT molecular complexity index is 790. The zero-order valence-corrected chi connectivity index (χ0v) is 12.4. The minimum Gasteiger partial charge on any atom is -0.496 e. The average molecular weight is 293 g/mol. The highest BCUT2D eigenvalue weighted by atomic mass is 16.6. The highest BCUT2D eigenvalue weighted by Gasteiger charge is 2.24. The summed E-state index contributed by atoms with van der Waals surface area (Å²) >= 11 is 0. The molecule has 0 fully saturated rings. The molecule has 0 saturated heterocycles. The standard InChI is InChI=1S/C18H15NO3/c1-12-6-5-8-14(10-12)17-19-15(18(20)22-17)11-13-7-3-4-9-16(13)21-2/h3-11H,1-2H3. The van der Waals surface area contributed by atoms with Gasteiger partial charge in [0.2, 0.25) is 5.90 Å². The molecule has 0 radical (unpaired) electrons. The van der Waals surface area contributed by atoms with Crippen molar-refractivity contribution < 1.29 is 14.3 Å². The third kappa shape index (κ3) is 2.76. The molecule has 0 atom stereocenters. The zero-order chi connectivity index (χ0) is 15.5. The second-order valence-corrected chi connectivity index (χ2v) is 4.95. The summed E-state index contributed by atoms with van der Waals surface area (Å²) in [6.45, 7) is 1.98. The summed E-state index contributed by atoms with van der Waals surface area (Å²) in [7, 11) is 1.59. The van der Waals surface area contributed by atoms with Gasteiger partial charge in [0.1, 0.15) is 5.75 Å².